The van der Waals surface area contributed by atoms with Crippen molar-refractivity contribution in [3.63, 3.8) is 0 Å². The zero-order chi connectivity index (χ0) is 13.7. The molecule has 0 radical (unpaired) electrons. The summed E-state index contributed by atoms with van der Waals surface area (Å²) >= 11 is 0. The van der Waals surface area contributed by atoms with E-state index < -0.39 is 0 Å². The Labute approximate surface area is 115 Å². The molecule has 1 atom stereocenters. The highest BCUT2D eigenvalue weighted by Gasteiger charge is 2.20. The lowest BCUT2D eigenvalue weighted by Crippen LogP contribution is -2.46. The Balaban J connectivity index is 1.92. The van der Waals surface area contributed by atoms with Crippen molar-refractivity contribution in [3.8, 4) is 6.07 Å². The number of nitriles is 1. The van der Waals surface area contributed by atoms with Gasteiger partial charge in [0.15, 0.2) is 0 Å². The van der Waals surface area contributed by atoms with Crippen LogP contribution in [0.15, 0.2) is 24.3 Å². The summed E-state index contributed by atoms with van der Waals surface area (Å²) in [6, 6.07) is 9.81. The Morgan fingerprint density at radius 3 is 2.79 bits per heavy atom. The van der Waals surface area contributed by atoms with Gasteiger partial charge in [0.1, 0.15) is 0 Å². The number of hydrogen-bond donors (Lipinski definition) is 0. The molecular weight excluding hydrogens is 238 g/mol. The number of rotatable bonds is 4. The van der Waals surface area contributed by atoms with Crippen LogP contribution in [0.3, 0.4) is 0 Å². The molecule has 0 aromatic heterocycles. The van der Waals surface area contributed by atoms with Crippen LogP contribution in [0, 0.1) is 11.3 Å². The molecule has 0 aliphatic carbocycles. The second kappa shape index (κ2) is 6.55. The number of benzene rings is 1. The fourth-order valence-electron chi connectivity index (χ4n) is 2.38. The topological polar surface area (TPSA) is 39.5 Å². The number of likely N-dealkylation sites (N-methyl/N-ethyl adjacent to an activating group) is 2. The Hall–Kier alpha value is -1.57. The van der Waals surface area contributed by atoms with Crippen molar-refractivity contribution in [1.82, 2.24) is 4.90 Å². The second-order valence-electron chi connectivity index (χ2n) is 4.93. The van der Waals surface area contributed by atoms with Gasteiger partial charge in [0.05, 0.1) is 24.3 Å². The van der Waals surface area contributed by atoms with Crippen molar-refractivity contribution < 1.29 is 4.74 Å². The van der Waals surface area contributed by atoms with E-state index in [0.29, 0.717) is 5.56 Å². The molecule has 1 saturated heterocycles. The molecule has 1 aliphatic rings. The summed E-state index contributed by atoms with van der Waals surface area (Å²) < 4.78 is 5.81. The van der Waals surface area contributed by atoms with E-state index in [2.05, 4.69) is 29.8 Å². The molecule has 4 heteroatoms. The lowest BCUT2D eigenvalue weighted by molar-refractivity contribution is -0.0216. The highest BCUT2D eigenvalue weighted by Crippen LogP contribution is 2.15. The maximum atomic E-state index is 8.80. The van der Waals surface area contributed by atoms with Gasteiger partial charge in [-0.05, 0) is 30.8 Å². The van der Waals surface area contributed by atoms with Crippen LogP contribution in [-0.4, -0.2) is 50.8 Å². The van der Waals surface area contributed by atoms with Crippen LogP contribution in [0.2, 0.25) is 0 Å². The van der Waals surface area contributed by atoms with Crippen LogP contribution < -0.4 is 4.90 Å². The number of nitrogens with zero attached hydrogens (tertiary/aromatic N) is 3. The van der Waals surface area contributed by atoms with Gasteiger partial charge in [-0.3, -0.25) is 4.90 Å². The zero-order valence-corrected chi connectivity index (χ0v) is 11.7. The molecule has 102 valence electrons. The van der Waals surface area contributed by atoms with Gasteiger partial charge in [-0.25, -0.2) is 0 Å². The first-order chi connectivity index (χ1) is 9.22. The molecule has 1 aliphatic heterocycles. The summed E-state index contributed by atoms with van der Waals surface area (Å²) in [5.74, 6) is 0. The number of hydrogen-bond acceptors (Lipinski definition) is 4. The van der Waals surface area contributed by atoms with Crippen LogP contribution in [0.4, 0.5) is 5.69 Å². The number of ether oxygens (including phenoxy) is 1. The highest BCUT2D eigenvalue weighted by atomic mass is 16.5. The van der Waals surface area contributed by atoms with Crippen molar-refractivity contribution >= 4 is 5.69 Å². The molecule has 1 aromatic carbocycles. The predicted molar refractivity (Wildman–Crippen MR) is 76.3 cm³/mol. The molecule has 0 N–H and O–H groups in total. The van der Waals surface area contributed by atoms with Crippen LogP contribution >= 0.6 is 0 Å². The van der Waals surface area contributed by atoms with Crippen molar-refractivity contribution in [2.75, 3.05) is 44.7 Å². The lowest BCUT2D eigenvalue weighted by Gasteiger charge is -2.34. The minimum atomic E-state index is 0.259. The van der Waals surface area contributed by atoms with E-state index in [1.807, 2.05) is 24.3 Å². The highest BCUT2D eigenvalue weighted by molar-refractivity contribution is 5.49. The van der Waals surface area contributed by atoms with E-state index in [1.54, 1.807) is 0 Å². The van der Waals surface area contributed by atoms with Gasteiger partial charge in [0.25, 0.3) is 0 Å². The smallest absolute Gasteiger partial charge is 0.0991 e. The molecule has 1 heterocycles. The van der Waals surface area contributed by atoms with E-state index in [1.165, 1.54) is 0 Å². The fourth-order valence-corrected chi connectivity index (χ4v) is 2.38. The summed E-state index contributed by atoms with van der Waals surface area (Å²) in [4.78, 5) is 4.60. The molecule has 1 aromatic rings. The Morgan fingerprint density at radius 2 is 2.16 bits per heavy atom. The third kappa shape index (κ3) is 3.69. The van der Waals surface area contributed by atoms with Crippen molar-refractivity contribution in [2.45, 2.75) is 13.0 Å². The zero-order valence-electron chi connectivity index (χ0n) is 11.7. The first kappa shape index (κ1) is 13.9. The van der Waals surface area contributed by atoms with Gasteiger partial charge in [-0.2, -0.15) is 5.26 Å². The lowest BCUT2D eigenvalue weighted by atomic mass is 10.2. The summed E-state index contributed by atoms with van der Waals surface area (Å²) in [7, 11) is 2.07. The molecule has 1 fully saturated rings. The fraction of sp³-hybridized carbons (Fsp3) is 0.533. The molecule has 1 unspecified atom stereocenters. The quantitative estimate of drug-likeness (QED) is 0.825. The normalized spacial score (nSPS) is 19.9. The molecule has 19 heavy (non-hydrogen) atoms. The van der Waals surface area contributed by atoms with Gasteiger partial charge in [0.2, 0.25) is 0 Å². The molecule has 0 amide bonds. The second-order valence-corrected chi connectivity index (χ2v) is 4.93. The SMILES string of the molecule is CCN1CCOC(CN(C)c2ccc(C#N)cc2)C1. The molecular formula is C15H21N3O. The van der Waals surface area contributed by atoms with E-state index in [4.69, 9.17) is 10.00 Å². The third-order valence-electron chi connectivity index (χ3n) is 3.58. The van der Waals surface area contributed by atoms with Crippen LogP contribution in [0.25, 0.3) is 0 Å². The van der Waals surface area contributed by atoms with Gasteiger partial charge in [-0.1, -0.05) is 6.92 Å². The standard InChI is InChI=1S/C15H21N3O/c1-3-18-8-9-19-15(12-18)11-17(2)14-6-4-13(10-16)5-7-14/h4-7,15H,3,8-9,11-12H2,1-2H3. The predicted octanol–water partition coefficient (Wildman–Crippen LogP) is 1.72. The Bertz CT molecular complexity index is 438. The molecule has 0 saturated carbocycles. The first-order valence-electron chi connectivity index (χ1n) is 6.78. The van der Waals surface area contributed by atoms with Crippen LogP contribution in [0.1, 0.15) is 12.5 Å². The van der Waals surface area contributed by atoms with E-state index in [-0.39, 0.29) is 6.10 Å². The van der Waals surface area contributed by atoms with Crippen molar-refractivity contribution in [1.29, 1.82) is 5.26 Å². The maximum Gasteiger partial charge on any atom is 0.0991 e. The van der Waals surface area contributed by atoms with E-state index in [0.717, 1.165) is 38.5 Å². The van der Waals surface area contributed by atoms with Gasteiger partial charge in [0, 0.05) is 32.4 Å². The van der Waals surface area contributed by atoms with Gasteiger partial charge in [-0.15, -0.1) is 0 Å². The Kier molecular flexibility index (Phi) is 4.78. The average Bonchev–Trinajstić information content (AvgIpc) is 2.47. The van der Waals surface area contributed by atoms with E-state index >= 15 is 0 Å². The number of anilines is 1. The average molecular weight is 259 g/mol. The van der Waals surface area contributed by atoms with Crippen LogP contribution in [0.5, 0.6) is 0 Å². The summed E-state index contributed by atoms with van der Waals surface area (Å²) in [6.45, 7) is 7.00. The summed E-state index contributed by atoms with van der Waals surface area (Å²) in [6.07, 6.45) is 0.259. The molecule has 0 bridgehead atoms. The number of morpholine rings is 1. The minimum absolute atomic E-state index is 0.259. The van der Waals surface area contributed by atoms with Gasteiger partial charge < -0.3 is 9.64 Å². The Morgan fingerprint density at radius 1 is 1.42 bits per heavy atom. The maximum absolute atomic E-state index is 8.80. The first-order valence-corrected chi connectivity index (χ1v) is 6.78. The van der Waals surface area contributed by atoms with Gasteiger partial charge >= 0.3 is 0 Å². The molecule has 2 rings (SSSR count). The third-order valence-corrected chi connectivity index (χ3v) is 3.58. The van der Waals surface area contributed by atoms with Crippen molar-refractivity contribution in [3.05, 3.63) is 29.8 Å². The minimum Gasteiger partial charge on any atom is -0.374 e. The molecule has 0 spiro atoms. The molecule has 4 nitrogen and oxygen atoms in total. The summed E-state index contributed by atoms with van der Waals surface area (Å²) in [5.41, 5.74) is 1.82. The monoisotopic (exact) mass is 259 g/mol. The largest absolute Gasteiger partial charge is 0.374 e. The van der Waals surface area contributed by atoms with Crippen molar-refractivity contribution in [2.24, 2.45) is 0 Å². The van der Waals surface area contributed by atoms with E-state index in [9.17, 15) is 0 Å². The summed E-state index contributed by atoms with van der Waals surface area (Å²) in [5, 5.41) is 8.80. The van der Waals surface area contributed by atoms with Crippen LogP contribution in [-0.2, 0) is 4.74 Å².